The Morgan fingerprint density at radius 2 is 0.621 bits per heavy atom. The molecule has 0 aliphatic rings. The zero-order valence-electron chi connectivity index (χ0n) is 47.6. The first-order valence-corrected chi connectivity index (χ1v) is 30.9. The average Bonchev–Trinajstić information content (AvgIpc) is 1.40. The Labute approximate surface area is 520 Å². The fraction of sp³-hybridized carbons (Fsp3) is 0.0617. The molecular formula is C81H56Br2N2O2. The first kappa shape index (κ1) is 52.8. The maximum absolute atomic E-state index is 6.79. The van der Waals surface area contributed by atoms with Crippen molar-refractivity contribution in [2.24, 2.45) is 0 Å². The largest absolute Gasteiger partial charge is 0.454 e. The van der Waals surface area contributed by atoms with Crippen molar-refractivity contribution in [3.05, 3.63) is 274 Å². The molecule has 0 aliphatic heterocycles. The average molecular weight is 1250 g/mol. The van der Waals surface area contributed by atoms with E-state index in [0.717, 1.165) is 78.0 Å². The minimum Gasteiger partial charge on any atom is -0.454 e. The summed E-state index contributed by atoms with van der Waals surface area (Å²) < 4.78 is 15.9. The molecule has 0 saturated heterocycles. The van der Waals surface area contributed by atoms with Gasteiger partial charge in [-0.05, 0) is 182 Å². The Kier molecular flexibility index (Phi) is 12.3. The summed E-state index contributed by atoms with van der Waals surface area (Å²) in [4.78, 5) is 4.82. The lowest BCUT2D eigenvalue weighted by molar-refractivity contribution is 0.669. The summed E-state index contributed by atoms with van der Waals surface area (Å²) in [5.41, 5.74) is 14.9. The highest BCUT2D eigenvalue weighted by Crippen LogP contribution is 2.55. The molecule has 0 N–H and O–H groups in total. The lowest BCUT2D eigenvalue weighted by Gasteiger charge is -2.31. The highest BCUT2D eigenvalue weighted by molar-refractivity contribution is 9.11. The van der Waals surface area contributed by atoms with Gasteiger partial charge in [0.2, 0.25) is 0 Å². The summed E-state index contributed by atoms with van der Waals surface area (Å²) in [7, 11) is 0. The zero-order valence-corrected chi connectivity index (χ0v) is 50.7. The fourth-order valence-corrected chi connectivity index (χ4v) is 16.0. The molecule has 6 heteroatoms. The molecule has 0 radical (unpaired) electrons. The van der Waals surface area contributed by atoms with Gasteiger partial charge >= 0.3 is 0 Å². The lowest BCUT2D eigenvalue weighted by atomic mass is 9.84. The van der Waals surface area contributed by atoms with Gasteiger partial charge in [0.25, 0.3) is 0 Å². The maximum Gasteiger partial charge on any atom is 0.159 e. The Hall–Kier alpha value is -9.72. The van der Waals surface area contributed by atoms with Crippen molar-refractivity contribution in [1.82, 2.24) is 0 Å². The molecular weight excluding hydrogens is 1190 g/mol. The normalized spacial score (nSPS) is 11.9. The van der Waals surface area contributed by atoms with Crippen LogP contribution in [0.1, 0.15) is 29.7 Å². The molecule has 0 fully saturated rings. The third-order valence-electron chi connectivity index (χ3n) is 18.2. The van der Waals surface area contributed by atoms with Gasteiger partial charge in [0.05, 0.1) is 22.7 Å². The van der Waals surface area contributed by atoms with Gasteiger partial charge in [-0.2, -0.15) is 0 Å². The van der Waals surface area contributed by atoms with E-state index in [1.54, 1.807) is 0 Å². The van der Waals surface area contributed by atoms with E-state index in [2.05, 4.69) is 300 Å². The highest BCUT2D eigenvalue weighted by atomic mass is 79.9. The number of aryl methyl sites for hydroxylation is 4. The first-order chi connectivity index (χ1) is 42.2. The second-order valence-electron chi connectivity index (χ2n) is 23.0. The van der Waals surface area contributed by atoms with Crippen LogP contribution in [0.3, 0.4) is 0 Å². The van der Waals surface area contributed by atoms with Crippen LogP contribution >= 0.6 is 31.9 Å². The minimum atomic E-state index is 0. The van der Waals surface area contributed by atoms with E-state index in [1.807, 2.05) is 12.1 Å². The van der Waals surface area contributed by atoms with Crippen molar-refractivity contribution >= 4 is 196 Å². The number of halogens is 2. The third kappa shape index (κ3) is 7.80. The zero-order chi connectivity index (χ0) is 57.6. The van der Waals surface area contributed by atoms with Crippen LogP contribution in [0.4, 0.5) is 34.1 Å². The van der Waals surface area contributed by atoms with Crippen LogP contribution in [0.15, 0.2) is 260 Å². The molecule has 0 amide bonds. The van der Waals surface area contributed by atoms with Crippen LogP contribution in [0, 0.1) is 27.7 Å². The van der Waals surface area contributed by atoms with Gasteiger partial charge in [0.1, 0.15) is 11.2 Å². The summed E-state index contributed by atoms with van der Waals surface area (Å²) >= 11 is 7.62. The van der Waals surface area contributed by atoms with Crippen LogP contribution in [0.25, 0.3) is 130 Å². The lowest BCUT2D eigenvalue weighted by Crippen LogP contribution is -2.12. The van der Waals surface area contributed by atoms with Gasteiger partial charge in [-0.3, -0.25) is 0 Å². The van der Waals surface area contributed by atoms with Crippen molar-refractivity contribution in [3.63, 3.8) is 0 Å². The number of benzene rings is 16. The van der Waals surface area contributed by atoms with E-state index in [9.17, 15) is 0 Å². The summed E-state index contributed by atoms with van der Waals surface area (Å²) in [5, 5.41) is 25.0. The van der Waals surface area contributed by atoms with Gasteiger partial charge in [-0.25, -0.2) is 0 Å². The second-order valence-corrected chi connectivity index (χ2v) is 24.7. The van der Waals surface area contributed by atoms with Gasteiger partial charge in [0.15, 0.2) is 11.2 Å². The number of fused-ring (bicyclic) bond motifs is 12. The summed E-state index contributed by atoms with van der Waals surface area (Å²) in [5.74, 6) is 0. The molecule has 18 aromatic rings. The molecule has 4 nitrogen and oxygen atoms in total. The highest BCUT2D eigenvalue weighted by Gasteiger charge is 2.29. The van der Waals surface area contributed by atoms with Gasteiger partial charge in [0, 0.05) is 68.8 Å². The standard InChI is InChI=1S/C58H38N2O2.C22H14Br2.CH4/c1-35-33-50(60(38-19-7-4-8-20-38)48-28-16-26-45-41-22-12-14-30-52(41)62-58(45)48)54-43-24-10-9-23-42(43)53-36(2)34-49(46-32-31-39(35)55(54)56(46)53)59(37-17-5-3-6-18-37)47-27-15-25-44-40-21-11-13-29-51(40)61-57(44)47;1-11-9-18(24)20-15-6-4-3-5-14(15)19-12(2)10-17(23)16-8-7-13(11)21(20)22(16)19;/h3-34H,1-2H3;3-10H,1-2H3;1H4. The number of hydrogen-bond donors (Lipinski definition) is 0. The second kappa shape index (κ2) is 20.2. The molecule has 87 heavy (non-hydrogen) atoms. The molecule has 0 atom stereocenters. The quantitative estimate of drug-likeness (QED) is 0.123. The minimum absolute atomic E-state index is 0. The van der Waals surface area contributed by atoms with Crippen LogP contribution in [0.5, 0.6) is 0 Å². The fourth-order valence-electron chi connectivity index (χ4n) is 14.6. The monoisotopic (exact) mass is 1250 g/mol. The predicted octanol–water partition coefficient (Wildman–Crippen LogP) is 25.6. The SMILES string of the molecule is C.Cc1cc(Br)c2c3ccccc3c3c(C)cc(Br)c4ccc1c2c43.Cc1cc(N(c2ccccc2)c2cccc3c2oc2ccccc23)c2c3ccccc3c3c(C)cc(N(c4ccccc4)c4cccc5c4oc4ccccc45)c4ccc1c2c43. The third-order valence-corrected chi connectivity index (χ3v) is 19.4. The number of rotatable bonds is 6. The van der Waals surface area contributed by atoms with Crippen molar-refractivity contribution in [2.75, 3.05) is 9.80 Å². The molecule has 0 aliphatic carbocycles. The van der Waals surface area contributed by atoms with Gasteiger partial charge in [-0.1, -0.05) is 209 Å². The smallest absolute Gasteiger partial charge is 0.159 e. The Bertz CT molecular complexity index is 5710. The van der Waals surface area contributed by atoms with E-state index in [4.69, 9.17) is 8.83 Å². The van der Waals surface area contributed by atoms with Crippen molar-refractivity contribution < 1.29 is 8.83 Å². The summed E-state index contributed by atoms with van der Waals surface area (Å²) in [6.07, 6.45) is 0. The topological polar surface area (TPSA) is 32.8 Å². The molecule has 416 valence electrons. The van der Waals surface area contributed by atoms with Crippen LogP contribution in [-0.4, -0.2) is 0 Å². The molecule has 2 heterocycles. The Balaban J connectivity index is 0.000000204. The number of para-hydroxylation sites is 6. The molecule has 0 unspecified atom stereocenters. The summed E-state index contributed by atoms with van der Waals surface area (Å²) in [6.45, 7) is 8.94. The molecule has 0 bridgehead atoms. The molecule has 2 aromatic heterocycles. The first-order valence-electron chi connectivity index (χ1n) is 29.3. The summed E-state index contributed by atoms with van der Waals surface area (Å²) in [6, 6.07) is 87.4. The predicted molar refractivity (Wildman–Crippen MR) is 380 cm³/mol. The van der Waals surface area contributed by atoms with Crippen LogP contribution in [-0.2, 0) is 0 Å². The van der Waals surface area contributed by atoms with Crippen molar-refractivity contribution in [3.8, 4) is 0 Å². The van der Waals surface area contributed by atoms with Crippen LogP contribution < -0.4 is 9.80 Å². The van der Waals surface area contributed by atoms with Crippen LogP contribution in [0.2, 0.25) is 0 Å². The van der Waals surface area contributed by atoms with E-state index in [-0.39, 0.29) is 7.43 Å². The van der Waals surface area contributed by atoms with E-state index in [0.29, 0.717) is 0 Å². The number of hydrogen-bond acceptors (Lipinski definition) is 4. The Morgan fingerprint density at radius 1 is 0.253 bits per heavy atom. The number of anilines is 6. The van der Waals surface area contributed by atoms with Crippen molar-refractivity contribution in [2.45, 2.75) is 35.1 Å². The Morgan fingerprint density at radius 3 is 1.17 bits per heavy atom. The van der Waals surface area contributed by atoms with E-state index >= 15 is 0 Å². The molecule has 16 aromatic carbocycles. The number of nitrogens with zero attached hydrogens (tertiary/aromatic N) is 2. The van der Waals surface area contributed by atoms with E-state index in [1.165, 1.54) is 117 Å². The van der Waals surface area contributed by atoms with Gasteiger partial charge in [-0.15, -0.1) is 0 Å². The molecule has 18 rings (SSSR count). The maximum atomic E-state index is 6.79. The van der Waals surface area contributed by atoms with Gasteiger partial charge < -0.3 is 18.6 Å². The van der Waals surface area contributed by atoms with E-state index < -0.39 is 0 Å². The number of furan rings is 2. The molecule has 0 spiro atoms. The van der Waals surface area contributed by atoms with Crippen molar-refractivity contribution in [1.29, 1.82) is 0 Å². The molecule has 0 saturated carbocycles.